The highest BCUT2D eigenvalue weighted by molar-refractivity contribution is 9.10. The van der Waals surface area contributed by atoms with Gasteiger partial charge in [0.2, 0.25) is 0 Å². The average Bonchev–Trinajstić information content (AvgIpc) is 2.48. The maximum Gasteiger partial charge on any atom is 0.251 e. The lowest BCUT2D eigenvalue weighted by atomic mass is 10.1. The van der Waals surface area contributed by atoms with Crippen LogP contribution in [0.2, 0.25) is 5.02 Å². The van der Waals surface area contributed by atoms with E-state index in [1.165, 1.54) is 0 Å². The molecule has 3 N–H and O–H groups in total. The molecule has 0 saturated carbocycles. The molecule has 0 heterocycles. The van der Waals surface area contributed by atoms with E-state index < -0.39 is 0 Å². The number of anilines is 1. The summed E-state index contributed by atoms with van der Waals surface area (Å²) >= 11 is 9.42. The summed E-state index contributed by atoms with van der Waals surface area (Å²) in [6.07, 6.45) is 0. The second-order valence-electron chi connectivity index (χ2n) is 4.34. The first kappa shape index (κ1) is 15.7. The Hall–Kier alpha value is -1.72. The minimum Gasteiger partial charge on any atom is -0.496 e. The summed E-state index contributed by atoms with van der Waals surface area (Å²) < 4.78 is 5.99. The number of nitrogens with one attached hydrogen (secondary N) is 1. The molecule has 110 valence electrons. The predicted octanol–water partition coefficient (Wildman–Crippen LogP) is 3.62. The van der Waals surface area contributed by atoms with Crippen molar-refractivity contribution in [2.45, 2.75) is 6.54 Å². The quantitative estimate of drug-likeness (QED) is 0.809. The van der Waals surface area contributed by atoms with Gasteiger partial charge >= 0.3 is 0 Å². The number of hydrogen-bond donors (Lipinski definition) is 2. The second-order valence-corrected chi connectivity index (χ2v) is 5.60. The number of amides is 1. The van der Waals surface area contributed by atoms with E-state index in [-0.39, 0.29) is 12.5 Å². The molecule has 0 aliphatic rings. The van der Waals surface area contributed by atoms with Gasteiger partial charge in [-0.3, -0.25) is 4.79 Å². The number of carbonyl (C=O) groups excluding carboxylic acids is 1. The van der Waals surface area contributed by atoms with Gasteiger partial charge in [0, 0.05) is 32.9 Å². The van der Waals surface area contributed by atoms with Crippen molar-refractivity contribution in [3.63, 3.8) is 0 Å². The molecule has 0 aromatic heterocycles. The number of rotatable bonds is 4. The summed E-state index contributed by atoms with van der Waals surface area (Å²) in [5.74, 6) is 0.411. The van der Waals surface area contributed by atoms with Crippen LogP contribution in [0.15, 0.2) is 40.9 Å². The fourth-order valence-electron chi connectivity index (χ4n) is 1.86. The minimum absolute atomic E-state index is 0.226. The standard InChI is InChI=1S/C15H14BrClN2O2/c1-21-14-4-2-3-12(17)10(14)8-19-15(20)9-5-6-11(16)13(18)7-9/h2-7H,8,18H2,1H3,(H,19,20). The molecule has 0 saturated heterocycles. The van der Waals surface area contributed by atoms with Crippen molar-refractivity contribution in [2.75, 3.05) is 12.8 Å². The highest BCUT2D eigenvalue weighted by Gasteiger charge is 2.11. The summed E-state index contributed by atoms with van der Waals surface area (Å²) in [6.45, 7) is 0.275. The zero-order valence-electron chi connectivity index (χ0n) is 11.3. The number of nitrogen functional groups attached to an aromatic ring is 1. The van der Waals surface area contributed by atoms with Crippen LogP contribution in [-0.2, 0) is 6.54 Å². The van der Waals surface area contributed by atoms with Crippen molar-refractivity contribution in [1.82, 2.24) is 5.32 Å². The lowest BCUT2D eigenvalue weighted by Gasteiger charge is -2.11. The first-order chi connectivity index (χ1) is 10.0. The van der Waals surface area contributed by atoms with Crippen LogP contribution in [0.25, 0.3) is 0 Å². The number of methoxy groups -OCH3 is 1. The van der Waals surface area contributed by atoms with Gasteiger partial charge in [0.1, 0.15) is 5.75 Å². The number of benzene rings is 2. The van der Waals surface area contributed by atoms with E-state index in [9.17, 15) is 4.79 Å². The van der Waals surface area contributed by atoms with E-state index in [0.29, 0.717) is 22.0 Å². The number of hydrogen-bond acceptors (Lipinski definition) is 3. The number of ether oxygens (including phenoxy) is 1. The molecule has 2 aromatic rings. The van der Waals surface area contributed by atoms with Crippen LogP contribution in [0, 0.1) is 0 Å². The zero-order chi connectivity index (χ0) is 15.4. The fraction of sp³-hybridized carbons (Fsp3) is 0.133. The van der Waals surface area contributed by atoms with Gasteiger partial charge in [-0.15, -0.1) is 0 Å². The Morgan fingerprint density at radius 3 is 2.81 bits per heavy atom. The molecule has 0 radical (unpaired) electrons. The van der Waals surface area contributed by atoms with E-state index in [4.69, 9.17) is 22.1 Å². The number of halogens is 2. The van der Waals surface area contributed by atoms with Crippen molar-refractivity contribution in [1.29, 1.82) is 0 Å². The Balaban J connectivity index is 2.13. The van der Waals surface area contributed by atoms with Gasteiger partial charge in [-0.2, -0.15) is 0 Å². The van der Waals surface area contributed by atoms with Gasteiger partial charge in [-0.1, -0.05) is 17.7 Å². The molecule has 6 heteroatoms. The van der Waals surface area contributed by atoms with E-state index in [0.717, 1.165) is 10.0 Å². The van der Waals surface area contributed by atoms with Gasteiger partial charge in [0.15, 0.2) is 0 Å². The lowest BCUT2D eigenvalue weighted by molar-refractivity contribution is 0.0950. The van der Waals surface area contributed by atoms with Crippen LogP contribution in [-0.4, -0.2) is 13.0 Å². The molecular weight excluding hydrogens is 356 g/mol. The maximum atomic E-state index is 12.1. The summed E-state index contributed by atoms with van der Waals surface area (Å²) in [5, 5.41) is 3.35. The summed E-state index contributed by atoms with van der Waals surface area (Å²) in [7, 11) is 1.56. The van der Waals surface area contributed by atoms with Crippen LogP contribution in [0.4, 0.5) is 5.69 Å². The molecule has 0 fully saturated rings. The van der Waals surface area contributed by atoms with Gasteiger partial charge in [0.25, 0.3) is 5.91 Å². The largest absolute Gasteiger partial charge is 0.496 e. The van der Waals surface area contributed by atoms with E-state index in [1.807, 2.05) is 0 Å². The highest BCUT2D eigenvalue weighted by Crippen LogP contribution is 2.26. The minimum atomic E-state index is -0.226. The Labute approximate surface area is 136 Å². The normalized spacial score (nSPS) is 10.2. The van der Waals surface area contributed by atoms with Gasteiger partial charge < -0.3 is 15.8 Å². The lowest BCUT2D eigenvalue weighted by Crippen LogP contribution is -2.23. The van der Waals surface area contributed by atoms with Crippen LogP contribution < -0.4 is 15.8 Å². The fourth-order valence-corrected chi connectivity index (χ4v) is 2.34. The third-order valence-corrected chi connectivity index (χ3v) is 4.06. The first-order valence-electron chi connectivity index (χ1n) is 6.17. The highest BCUT2D eigenvalue weighted by atomic mass is 79.9. The Kier molecular flexibility index (Phi) is 5.09. The molecule has 0 aliphatic heterocycles. The molecule has 21 heavy (non-hydrogen) atoms. The molecule has 2 rings (SSSR count). The monoisotopic (exact) mass is 368 g/mol. The maximum absolute atomic E-state index is 12.1. The predicted molar refractivity (Wildman–Crippen MR) is 87.7 cm³/mol. The molecule has 1 amide bonds. The van der Waals surface area contributed by atoms with Crippen LogP contribution in [0.5, 0.6) is 5.75 Å². The molecule has 4 nitrogen and oxygen atoms in total. The molecule has 0 atom stereocenters. The summed E-state index contributed by atoms with van der Waals surface area (Å²) in [6, 6.07) is 10.4. The number of nitrogens with two attached hydrogens (primary N) is 1. The SMILES string of the molecule is COc1cccc(Cl)c1CNC(=O)c1ccc(Br)c(N)c1. The van der Waals surface area contributed by atoms with Crippen molar-refractivity contribution >= 4 is 39.1 Å². The van der Waals surface area contributed by atoms with Crippen molar-refractivity contribution in [2.24, 2.45) is 0 Å². The van der Waals surface area contributed by atoms with Crippen molar-refractivity contribution in [3.05, 3.63) is 57.0 Å². The summed E-state index contributed by atoms with van der Waals surface area (Å²) in [4.78, 5) is 12.1. The first-order valence-corrected chi connectivity index (χ1v) is 7.34. The van der Waals surface area contributed by atoms with Gasteiger partial charge in [-0.25, -0.2) is 0 Å². The Morgan fingerprint density at radius 1 is 1.38 bits per heavy atom. The van der Waals surface area contributed by atoms with Gasteiger partial charge in [0.05, 0.1) is 7.11 Å². The third-order valence-electron chi connectivity index (χ3n) is 2.98. The van der Waals surface area contributed by atoms with Crippen molar-refractivity contribution in [3.8, 4) is 5.75 Å². The van der Waals surface area contributed by atoms with Crippen LogP contribution in [0.1, 0.15) is 15.9 Å². The molecule has 2 aromatic carbocycles. The van der Waals surface area contributed by atoms with E-state index in [2.05, 4.69) is 21.2 Å². The number of carbonyl (C=O) groups is 1. The van der Waals surface area contributed by atoms with E-state index >= 15 is 0 Å². The van der Waals surface area contributed by atoms with Crippen LogP contribution >= 0.6 is 27.5 Å². The average molecular weight is 370 g/mol. The third kappa shape index (κ3) is 3.68. The second kappa shape index (κ2) is 6.83. The van der Waals surface area contributed by atoms with E-state index in [1.54, 1.807) is 43.5 Å². The van der Waals surface area contributed by atoms with Crippen LogP contribution in [0.3, 0.4) is 0 Å². The molecule has 0 spiro atoms. The Morgan fingerprint density at radius 2 is 2.14 bits per heavy atom. The molecule has 0 aliphatic carbocycles. The topological polar surface area (TPSA) is 64.3 Å². The molecular formula is C15H14BrClN2O2. The zero-order valence-corrected chi connectivity index (χ0v) is 13.7. The Bertz CT molecular complexity index is 677. The molecule has 0 bridgehead atoms. The summed E-state index contributed by atoms with van der Waals surface area (Å²) in [5.41, 5.74) is 7.50. The van der Waals surface area contributed by atoms with Gasteiger partial charge in [-0.05, 0) is 46.3 Å². The smallest absolute Gasteiger partial charge is 0.251 e. The molecule has 0 unspecified atom stereocenters. The van der Waals surface area contributed by atoms with Crippen molar-refractivity contribution < 1.29 is 9.53 Å².